The lowest BCUT2D eigenvalue weighted by Crippen LogP contribution is -2.30. The molecule has 154 valence electrons. The van der Waals surface area contributed by atoms with Gasteiger partial charge in [0.05, 0.1) is 11.2 Å². The maximum atomic E-state index is 14.1. The second-order valence-electron chi connectivity index (χ2n) is 6.76. The molecule has 2 aromatic carbocycles. The molecule has 0 aromatic heterocycles. The number of hydrogen-bond donors (Lipinski definition) is 2. The highest BCUT2D eigenvalue weighted by molar-refractivity contribution is 7.80. The quantitative estimate of drug-likeness (QED) is 0.406. The van der Waals surface area contributed by atoms with Gasteiger partial charge in [-0.15, -0.1) is 0 Å². The molecule has 9 heteroatoms. The maximum Gasteiger partial charge on any atom is 0.184 e. The summed E-state index contributed by atoms with van der Waals surface area (Å²) in [6, 6.07) is 10.7. The molecule has 0 spiro atoms. The Morgan fingerprint density at radius 1 is 1.17 bits per heavy atom. The number of hydrogen-bond acceptors (Lipinski definition) is 4. The summed E-state index contributed by atoms with van der Waals surface area (Å²) in [5, 5.41) is 5.10. The number of thiocarbonyl (C=S) groups is 1. The Bertz CT molecular complexity index is 888. The van der Waals surface area contributed by atoms with Crippen molar-refractivity contribution in [2.75, 3.05) is 31.1 Å². The van der Waals surface area contributed by atoms with Gasteiger partial charge in [0.2, 0.25) is 0 Å². The van der Waals surface area contributed by atoms with Gasteiger partial charge < -0.3 is 10.6 Å². The Hall–Kier alpha value is -1.93. The Balaban J connectivity index is 1.64. The minimum Gasteiger partial charge on any atom is -0.375 e. The van der Waals surface area contributed by atoms with Gasteiger partial charge in [-0.25, -0.2) is 4.39 Å². The minimum absolute atomic E-state index is 0.0970. The van der Waals surface area contributed by atoms with Crippen LogP contribution in [0.2, 0.25) is 10.0 Å². The fourth-order valence-electron chi connectivity index (χ4n) is 3.28. The third-order valence-corrected chi connectivity index (χ3v) is 5.53. The number of nitrogens with one attached hydrogen (secondary N) is 1. The fraction of sp³-hybridized carbons (Fsp3) is 0.300. The van der Waals surface area contributed by atoms with E-state index in [1.165, 1.54) is 6.07 Å². The van der Waals surface area contributed by atoms with Crippen LogP contribution in [0.3, 0.4) is 0 Å². The molecule has 29 heavy (non-hydrogen) atoms. The van der Waals surface area contributed by atoms with Crippen molar-refractivity contribution >= 4 is 52.4 Å². The number of nitrogens with zero attached hydrogens (tertiary/aromatic N) is 3. The van der Waals surface area contributed by atoms with Gasteiger partial charge in [0.1, 0.15) is 5.82 Å². The van der Waals surface area contributed by atoms with E-state index in [0.717, 1.165) is 43.9 Å². The zero-order valence-electron chi connectivity index (χ0n) is 15.7. The van der Waals surface area contributed by atoms with Crippen LogP contribution in [0.4, 0.5) is 10.1 Å². The molecule has 1 aliphatic rings. The monoisotopic (exact) mass is 453 g/mol. The first-order chi connectivity index (χ1) is 13.9. The van der Waals surface area contributed by atoms with E-state index >= 15 is 0 Å². The molecule has 0 saturated carbocycles. The van der Waals surface area contributed by atoms with E-state index in [2.05, 4.69) is 20.3 Å². The highest BCUT2D eigenvalue weighted by Gasteiger charge is 2.18. The molecule has 0 bridgehead atoms. The summed E-state index contributed by atoms with van der Waals surface area (Å²) in [5.74, 6) is -0.257. The molecule has 2 aromatic rings. The summed E-state index contributed by atoms with van der Waals surface area (Å²) in [6.07, 6.45) is 2.54. The predicted molar refractivity (Wildman–Crippen MR) is 122 cm³/mol. The molecule has 0 amide bonds. The zero-order chi connectivity index (χ0) is 20.8. The number of halogens is 3. The van der Waals surface area contributed by atoms with E-state index in [1.54, 1.807) is 18.3 Å². The van der Waals surface area contributed by atoms with Crippen molar-refractivity contribution in [1.82, 2.24) is 10.3 Å². The van der Waals surface area contributed by atoms with Gasteiger partial charge in [0, 0.05) is 54.6 Å². The number of anilines is 1. The highest BCUT2D eigenvalue weighted by atomic mass is 35.5. The first-order valence-corrected chi connectivity index (χ1v) is 10.4. The van der Waals surface area contributed by atoms with Crippen LogP contribution in [0.15, 0.2) is 41.5 Å². The molecule has 0 unspecified atom stereocenters. The third-order valence-electron chi connectivity index (χ3n) is 4.76. The van der Waals surface area contributed by atoms with Crippen LogP contribution in [-0.4, -0.2) is 42.4 Å². The van der Waals surface area contributed by atoms with Crippen molar-refractivity contribution in [3.05, 3.63) is 63.4 Å². The average Bonchev–Trinajstić information content (AvgIpc) is 2.91. The van der Waals surface area contributed by atoms with Gasteiger partial charge in [0.15, 0.2) is 5.11 Å². The molecule has 0 aliphatic carbocycles. The van der Waals surface area contributed by atoms with Gasteiger partial charge in [-0.05, 0) is 49.0 Å². The summed E-state index contributed by atoms with van der Waals surface area (Å²) >= 11 is 17.3. The van der Waals surface area contributed by atoms with Crippen molar-refractivity contribution in [3.63, 3.8) is 0 Å². The molecular weight excluding hydrogens is 432 g/mol. The molecule has 1 fully saturated rings. The summed E-state index contributed by atoms with van der Waals surface area (Å²) in [7, 11) is 0. The van der Waals surface area contributed by atoms with Crippen LogP contribution in [0.5, 0.6) is 0 Å². The van der Waals surface area contributed by atoms with Crippen LogP contribution < -0.4 is 16.1 Å². The van der Waals surface area contributed by atoms with E-state index in [1.807, 2.05) is 18.2 Å². The van der Waals surface area contributed by atoms with E-state index < -0.39 is 0 Å². The molecule has 5 nitrogen and oxygen atoms in total. The van der Waals surface area contributed by atoms with Gasteiger partial charge in [0.25, 0.3) is 0 Å². The number of nitrogens with two attached hydrogens (primary N) is 1. The maximum absolute atomic E-state index is 14.1. The van der Waals surface area contributed by atoms with Crippen molar-refractivity contribution in [3.8, 4) is 0 Å². The summed E-state index contributed by atoms with van der Waals surface area (Å²) < 4.78 is 14.1. The van der Waals surface area contributed by atoms with Crippen molar-refractivity contribution in [2.45, 2.75) is 13.0 Å². The standard InChI is InChI=1S/C20H22Cl2FN5S/c21-17-3-1-4-19(23)16(17)13-27-7-2-8-28(10-9-27)15-6-5-14(18(22)11-15)12-25-26-20(24)29/h1,3-6,11-12H,2,7-10,13H2,(H3,24,26,29). The molecule has 0 radical (unpaired) electrons. The second kappa shape index (κ2) is 10.2. The molecule has 1 aliphatic heterocycles. The molecule has 1 heterocycles. The molecular formula is C20H22Cl2FN5S. The molecule has 3 N–H and O–H groups in total. The predicted octanol–water partition coefficient (Wildman–Crippen LogP) is 4.01. The lowest BCUT2D eigenvalue weighted by atomic mass is 10.2. The van der Waals surface area contributed by atoms with Crippen LogP contribution in [0, 0.1) is 5.82 Å². The number of hydrazone groups is 1. The number of benzene rings is 2. The first-order valence-electron chi connectivity index (χ1n) is 9.22. The fourth-order valence-corrected chi connectivity index (χ4v) is 3.78. The van der Waals surface area contributed by atoms with Crippen LogP contribution in [-0.2, 0) is 6.54 Å². The van der Waals surface area contributed by atoms with Gasteiger partial charge in [-0.2, -0.15) is 5.10 Å². The van der Waals surface area contributed by atoms with E-state index in [9.17, 15) is 4.39 Å². The van der Waals surface area contributed by atoms with Crippen LogP contribution >= 0.6 is 35.4 Å². The van der Waals surface area contributed by atoms with Crippen molar-refractivity contribution in [1.29, 1.82) is 0 Å². The lowest BCUT2D eigenvalue weighted by molar-refractivity contribution is 0.281. The normalized spacial score (nSPS) is 15.5. The van der Waals surface area contributed by atoms with Crippen molar-refractivity contribution in [2.24, 2.45) is 10.8 Å². The van der Waals surface area contributed by atoms with E-state index in [0.29, 0.717) is 22.2 Å². The third kappa shape index (κ3) is 6.02. The summed E-state index contributed by atoms with van der Waals surface area (Å²) in [5.41, 5.74) is 10.2. The van der Waals surface area contributed by atoms with Crippen molar-refractivity contribution < 1.29 is 4.39 Å². The highest BCUT2D eigenvalue weighted by Crippen LogP contribution is 2.25. The number of rotatable bonds is 5. The van der Waals surface area contributed by atoms with Crippen LogP contribution in [0.1, 0.15) is 17.5 Å². The van der Waals surface area contributed by atoms with Crippen LogP contribution in [0.25, 0.3) is 0 Å². The Morgan fingerprint density at radius 3 is 2.72 bits per heavy atom. The topological polar surface area (TPSA) is 56.9 Å². The summed E-state index contributed by atoms with van der Waals surface area (Å²) in [6.45, 7) is 3.91. The Kier molecular flexibility index (Phi) is 7.66. The lowest BCUT2D eigenvalue weighted by Gasteiger charge is -2.24. The SMILES string of the molecule is NC(=S)NN=Cc1ccc(N2CCCN(Cc3c(F)cccc3Cl)CC2)cc1Cl. The Morgan fingerprint density at radius 2 is 2.00 bits per heavy atom. The smallest absolute Gasteiger partial charge is 0.184 e. The van der Waals surface area contributed by atoms with E-state index in [4.69, 9.17) is 41.2 Å². The van der Waals surface area contributed by atoms with Gasteiger partial charge in [-0.1, -0.05) is 29.3 Å². The van der Waals surface area contributed by atoms with E-state index in [-0.39, 0.29) is 10.9 Å². The van der Waals surface area contributed by atoms with Gasteiger partial charge in [-0.3, -0.25) is 10.3 Å². The second-order valence-corrected chi connectivity index (χ2v) is 8.01. The first kappa shape index (κ1) is 21.8. The molecule has 0 atom stereocenters. The largest absolute Gasteiger partial charge is 0.375 e. The molecule has 1 saturated heterocycles. The minimum atomic E-state index is -0.257. The zero-order valence-corrected chi connectivity index (χ0v) is 18.1. The Labute approximate surface area is 185 Å². The summed E-state index contributed by atoms with van der Waals surface area (Å²) in [4.78, 5) is 4.51. The average molecular weight is 454 g/mol. The van der Waals surface area contributed by atoms with Gasteiger partial charge >= 0.3 is 0 Å². The molecule has 3 rings (SSSR count).